The first-order valence-electron chi connectivity index (χ1n) is 6.09. The molecule has 0 radical (unpaired) electrons. The molecule has 1 fully saturated rings. The first-order chi connectivity index (χ1) is 7.36. The Morgan fingerprint density at radius 3 is 2.93 bits per heavy atom. The van der Waals surface area contributed by atoms with Gasteiger partial charge in [0, 0.05) is 30.4 Å². The van der Waals surface area contributed by atoms with Gasteiger partial charge in [0.25, 0.3) is 0 Å². The van der Waals surface area contributed by atoms with E-state index in [1.807, 2.05) is 6.33 Å². The molecular formula is C12H21N3. The number of nitrogens with zero attached hydrogens (tertiary/aromatic N) is 2. The van der Waals surface area contributed by atoms with Crippen LogP contribution in [-0.4, -0.2) is 22.6 Å². The van der Waals surface area contributed by atoms with Crippen LogP contribution in [0.5, 0.6) is 0 Å². The predicted molar refractivity (Wildman–Crippen MR) is 62.1 cm³/mol. The summed E-state index contributed by atoms with van der Waals surface area (Å²) in [5.74, 6) is 0.674. The van der Waals surface area contributed by atoms with Gasteiger partial charge in [0.05, 0.1) is 6.33 Å². The van der Waals surface area contributed by atoms with Gasteiger partial charge in [-0.1, -0.05) is 13.8 Å². The van der Waals surface area contributed by atoms with Crippen LogP contribution < -0.4 is 5.32 Å². The van der Waals surface area contributed by atoms with Crippen LogP contribution in [0, 0.1) is 0 Å². The fourth-order valence-corrected chi connectivity index (χ4v) is 2.52. The second-order valence-corrected chi connectivity index (χ2v) is 4.39. The standard InChI is InChI=1S/C12H21N3/c1-3-10(4-2)12-8-14-9-15(12)11-5-6-13-7-11/h8-11,13H,3-7H2,1-2H3. The van der Waals surface area contributed by atoms with E-state index in [0.29, 0.717) is 12.0 Å². The average Bonchev–Trinajstić information content (AvgIpc) is 2.88. The molecule has 1 N–H and O–H groups in total. The van der Waals surface area contributed by atoms with Crippen molar-refractivity contribution in [3.8, 4) is 0 Å². The largest absolute Gasteiger partial charge is 0.330 e. The summed E-state index contributed by atoms with van der Waals surface area (Å²) in [6.07, 6.45) is 7.72. The van der Waals surface area contributed by atoms with Gasteiger partial charge in [-0.15, -0.1) is 0 Å². The molecular weight excluding hydrogens is 186 g/mol. The van der Waals surface area contributed by atoms with E-state index in [-0.39, 0.29) is 0 Å². The van der Waals surface area contributed by atoms with Crippen molar-refractivity contribution in [2.45, 2.75) is 45.1 Å². The van der Waals surface area contributed by atoms with E-state index in [4.69, 9.17) is 0 Å². The minimum absolute atomic E-state index is 0.628. The molecule has 3 heteroatoms. The molecule has 1 aromatic heterocycles. The highest BCUT2D eigenvalue weighted by Crippen LogP contribution is 2.26. The van der Waals surface area contributed by atoms with E-state index in [1.165, 1.54) is 25.0 Å². The summed E-state index contributed by atoms with van der Waals surface area (Å²) >= 11 is 0. The van der Waals surface area contributed by atoms with E-state index in [2.05, 4.69) is 34.9 Å². The third-order valence-corrected chi connectivity index (χ3v) is 3.53. The minimum Gasteiger partial charge on any atom is -0.330 e. The summed E-state index contributed by atoms with van der Waals surface area (Å²) in [6.45, 7) is 6.77. The molecule has 15 heavy (non-hydrogen) atoms. The third kappa shape index (κ3) is 2.07. The van der Waals surface area contributed by atoms with Crippen LogP contribution in [0.2, 0.25) is 0 Å². The summed E-state index contributed by atoms with van der Waals surface area (Å²) in [7, 11) is 0. The maximum atomic E-state index is 4.32. The van der Waals surface area contributed by atoms with Crippen molar-refractivity contribution in [2.24, 2.45) is 0 Å². The lowest BCUT2D eigenvalue weighted by Gasteiger charge is -2.19. The smallest absolute Gasteiger partial charge is 0.0951 e. The number of aromatic nitrogens is 2. The molecule has 3 nitrogen and oxygen atoms in total. The second kappa shape index (κ2) is 4.79. The summed E-state index contributed by atoms with van der Waals surface area (Å²) in [4.78, 5) is 4.32. The van der Waals surface area contributed by atoms with Gasteiger partial charge in [0.2, 0.25) is 0 Å². The van der Waals surface area contributed by atoms with Crippen molar-refractivity contribution >= 4 is 0 Å². The Hall–Kier alpha value is -0.830. The van der Waals surface area contributed by atoms with E-state index < -0.39 is 0 Å². The highest BCUT2D eigenvalue weighted by molar-refractivity contribution is 5.08. The molecule has 0 aromatic carbocycles. The van der Waals surface area contributed by atoms with Crippen LogP contribution in [-0.2, 0) is 0 Å². The maximum Gasteiger partial charge on any atom is 0.0951 e. The molecule has 0 saturated carbocycles. The quantitative estimate of drug-likeness (QED) is 0.821. The molecule has 1 aliphatic rings. The van der Waals surface area contributed by atoms with Crippen LogP contribution >= 0.6 is 0 Å². The zero-order valence-electron chi connectivity index (χ0n) is 9.74. The molecule has 2 heterocycles. The van der Waals surface area contributed by atoms with Crippen molar-refractivity contribution in [1.29, 1.82) is 0 Å². The normalized spacial score (nSPS) is 21.4. The Morgan fingerprint density at radius 2 is 2.33 bits per heavy atom. The summed E-state index contributed by atoms with van der Waals surface area (Å²) in [5.41, 5.74) is 1.42. The third-order valence-electron chi connectivity index (χ3n) is 3.53. The number of hydrogen-bond acceptors (Lipinski definition) is 2. The van der Waals surface area contributed by atoms with E-state index in [9.17, 15) is 0 Å². The van der Waals surface area contributed by atoms with Crippen molar-refractivity contribution in [1.82, 2.24) is 14.9 Å². The van der Waals surface area contributed by atoms with Crippen molar-refractivity contribution in [3.05, 3.63) is 18.2 Å². The summed E-state index contributed by atoms with van der Waals surface area (Å²) < 4.78 is 2.39. The first kappa shape index (κ1) is 10.7. The lowest BCUT2D eigenvalue weighted by Crippen LogP contribution is -2.16. The molecule has 1 aliphatic heterocycles. The number of rotatable bonds is 4. The summed E-state index contributed by atoms with van der Waals surface area (Å²) in [5, 5.41) is 3.41. The van der Waals surface area contributed by atoms with Crippen LogP contribution in [0.4, 0.5) is 0 Å². The van der Waals surface area contributed by atoms with Gasteiger partial charge in [-0.25, -0.2) is 4.98 Å². The number of imidazole rings is 1. The first-order valence-corrected chi connectivity index (χ1v) is 6.09. The van der Waals surface area contributed by atoms with Crippen molar-refractivity contribution < 1.29 is 0 Å². The molecule has 0 aliphatic carbocycles. The van der Waals surface area contributed by atoms with E-state index in [1.54, 1.807) is 0 Å². The molecule has 1 unspecified atom stereocenters. The molecule has 1 atom stereocenters. The Morgan fingerprint density at radius 1 is 1.53 bits per heavy atom. The lowest BCUT2D eigenvalue weighted by atomic mass is 9.99. The average molecular weight is 207 g/mol. The topological polar surface area (TPSA) is 29.9 Å². The van der Waals surface area contributed by atoms with Gasteiger partial charge in [-0.05, 0) is 25.8 Å². The highest BCUT2D eigenvalue weighted by Gasteiger charge is 2.21. The maximum absolute atomic E-state index is 4.32. The molecule has 0 amide bonds. The van der Waals surface area contributed by atoms with Crippen molar-refractivity contribution in [2.75, 3.05) is 13.1 Å². The Labute approximate surface area is 91.9 Å². The van der Waals surface area contributed by atoms with Gasteiger partial charge in [0.15, 0.2) is 0 Å². The zero-order chi connectivity index (χ0) is 10.7. The van der Waals surface area contributed by atoms with Gasteiger partial charge in [-0.3, -0.25) is 0 Å². The second-order valence-electron chi connectivity index (χ2n) is 4.39. The molecule has 1 saturated heterocycles. The van der Waals surface area contributed by atoms with Crippen LogP contribution in [0.25, 0.3) is 0 Å². The predicted octanol–water partition coefficient (Wildman–Crippen LogP) is 2.32. The molecule has 1 aromatic rings. The Kier molecular flexibility index (Phi) is 3.41. The minimum atomic E-state index is 0.628. The van der Waals surface area contributed by atoms with Crippen LogP contribution in [0.3, 0.4) is 0 Å². The van der Waals surface area contributed by atoms with Gasteiger partial charge >= 0.3 is 0 Å². The monoisotopic (exact) mass is 207 g/mol. The lowest BCUT2D eigenvalue weighted by molar-refractivity contribution is 0.491. The Bertz CT molecular complexity index is 279. The fraction of sp³-hybridized carbons (Fsp3) is 0.750. The molecule has 84 valence electrons. The molecule has 0 spiro atoms. The SMILES string of the molecule is CCC(CC)c1cncn1C1CCNC1. The Balaban J connectivity index is 2.20. The van der Waals surface area contributed by atoms with Crippen LogP contribution in [0.15, 0.2) is 12.5 Å². The van der Waals surface area contributed by atoms with Crippen molar-refractivity contribution in [3.63, 3.8) is 0 Å². The highest BCUT2D eigenvalue weighted by atomic mass is 15.1. The zero-order valence-corrected chi connectivity index (χ0v) is 9.74. The van der Waals surface area contributed by atoms with Gasteiger partial charge in [-0.2, -0.15) is 0 Å². The fourth-order valence-electron chi connectivity index (χ4n) is 2.52. The van der Waals surface area contributed by atoms with Gasteiger partial charge < -0.3 is 9.88 Å². The summed E-state index contributed by atoms with van der Waals surface area (Å²) in [6, 6.07) is 0.628. The molecule has 2 rings (SSSR count). The van der Waals surface area contributed by atoms with Crippen LogP contribution in [0.1, 0.15) is 50.8 Å². The van der Waals surface area contributed by atoms with E-state index >= 15 is 0 Å². The molecule has 0 bridgehead atoms. The number of nitrogens with one attached hydrogen (secondary N) is 1. The van der Waals surface area contributed by atoms with E-state index in [0.717, 1.165) is 13.1 Å². The van der Waals surface area contributed by atoms with Gasteiger partial charge in [0.1, 0.15) is 0 Å². The number of hydrogen-bond donors (Lipinski definition) is 1.